The minimum absolute atomic E-state index is 0.238. The zero-order valence-corrected chi connectivity index (χ0v) is 13.3. The average Bonchev–Trinajstić information content (AvgIpc) is 2.52. The highest BCUT2D eigenvalue weighted by molar-refractivity contribution is 6.04. The van der Waals surface area contributed by atoms with Gasteiger partial charge in [0.15, 0.2) is 0 Å². The third-order valence-electron chi connectivity index (χ3n) is 3.61. The van der Waals surface area contributed by atoms with E-state index in [0.29, 0.717) is 11.3 Å². The van der Waals surface area contributed by atoms with Crippen molar-refractivity contribution in [2.45, 2.75) is 26.9 Å². The van der Waals surface area contributed by atoms with Gasteiger partial charge < -0.3 is 20.0 Å². The Morgan fingerprint density at radius 2 is 1.74 bits per heavy atom. The van der Waals surface area contributed by atoms with Crippen LogP contribution in [0.3, 0.4) is 0 Å². The Balaban J connectivity index is 2.08. The third kappa shape index (κ3) is 4.10. The highest BCUT2D eigenvalue weighted by Gasteiger charge is 2.10. The number of rotatable bonds is 5. The van der Waals surface area contributed by atoms with E-state index in [0.717, 1.165) is 16.8 Å². The first-order valence-electron chi connectivity index (χ1n) is 7.23. The predicted molar refractivity (Wildman–Crippen MR) is 85.4 cm³/mol. The van der Waals surface area contributed by atoms with Crippen LogP contribution in [0.2, 0.25) is 0 Å². The van der Waals surface area contributed by atoms with Crippen LogP contribution in [0.25, 0.3) is 0 Å². The highest BCUT2D eigenvalue weighted by Crippen LogP contribution is 2.20. The summed E-state index contributed by atoms with van der Waals surface area (Å²) in [5.74, 6) is -1.16. The highest BCUT2D eigenvalue weighted by atomic mass is 16.5. The lowest BCUT2D eigenvalue weighted by Crippen LogP contribution is -2.37. The molecule has 23 heavy (non-hydrogen) atoms. The van der Waals surface area contributed by atoms with Gasteiger partial charge in [0.25, 0.3) is 5.91 Å². The maximum atomic E-state index is 12.3. The zero-order valence-electron chi connectivity index (χ0n) is 13.3. The molecular weight excluding hydrogens is 294 g/mol. The number of aliphatic carboxylic acids is 1. The van der Waals surface area contributed by atoms with E-state index >= 15 is 0 Å². The first kappa shape index (κ1) is 16.5. The van der Waals surface area contributed by atoms with Crippen molar-refractivity contribution >= 4 is 17.6 Å². The summed E-state index contributed by atoms with van der Waals surface area (Å²) in [5, 5.41) is 13.5. The number of aryl methyl sites for hydroxylation is 1. The molecule has 0 spiro atoms. The van der Waals surface area contributed by atoms with Crippen molar-refractivity contribution in [2.75, 3.05) is 5.32 Å². The number of hydrogen-bond acceptors (Lipinski definition) is 4. The zero-order chi connectivity index (χ0) is 17.0. The molecule has 0 heterocycles. The van der Waals surface area contributed by atoms with Gasteiger partial charge in [-0.3, -0.25) is 4.79 Å². The second kappa shape index (κ2) is 6.96. The van der Waals surface area contributed by atoms with Crippen LogP contribution >= 0.6 is 0 Å². The number of anilines is 1. The molecule has 2 aromatic rings. The van der Waals surface area contributed by atoms with Gasteiger partial charge in [0.05, 0.1) is 5.97 Å². The van der Waals surface area contributed by atoms with Gasteiger partial charge in [-0.1, -0.05) is 12.1 Å². The fraction of sp³-hybridized carbons (Fsp3) is 0.222. The monoisotopic (exact) mass is 312 g/mol. The lowest BCUT2D eigenvalue weighted by atomic mass is 10.1. The van der Waals surface area contributed by atoms with E-state index < -0.39 is 12.1 Å². The number of ether oxygens (including phenoxy) is 1. The van der Waals surface area contributed by atoms with E-state index in [1.54, 1.807) is 24.3 Å². The minimum Gasteiger partial charge on any atom is -0.546 e. The van der Waals surface area contributed by atoms with E-state index in [1.165, 1.54) is 6.92 Å². The first-order valence-corrected chi connectivity index (χ1v) is 7.23. The summed E-state index contributed by atoms with van der Waals surface area (Å²) >= 11 is 0. The molecule has 0 saturated heterocycles. The number of nitrogens with one attached hydrogen (secondary N) is 1. The number of carboxylic acids is 1. The van der Waals surface area contributed by atoms with Crippen molar-refractivity contribution < 1.29 is 19.4 Å². The summed E-state index contributed by atoms with van der Waals surface area (Å²) in [5.41, 5.74) is 3.34. The van der Waals surface area contributed by atoms with E-state index in [9.17, 15) is 14.7 Å². The summed E-state index contributed by atoms with van der Waals surface area (Å²) in [7, 11) is 0. The molecule has 1 N–H and O–H groups in total. The first-order chi connectivity index (χ1) is 10.9. The van der Waals surface area contributed by atoms with Crippen LogP contribution in [0.4, 0.5) is 5.69 Å². The molecule has 2 rings (SSSR count). The van der Waals surface area contributed by atoms with Crippen LogP contribution in [-0.2, 0) is 4.79 Å². The van der Waals surface area contributed by atoms with Crippen molar-refractivity contribution in [3.05, 3.63) is 59.2 Å². The number of carboxylic acid groups (broad SMARTS) is 1. The topological polar surface area (TPSA) is 78.5 Å². The fourth-order valence-corrected chi connectivity index (χ4v) is 2.02. The molecule has 0 aliphatic rings. The van der Waals surface area contributed by atoms with E-state index in [4.69, 9.17) is 4.74 Å². The maximum Gasteiger partial charge on any atom is 0.255 e. The summed E-state index contributed by atoms with van der Waals surface area (Å²) < 4.78 is 5.17. The summed E-state index contributed by atoms with van der Waals surface area (Å²) in [4.78, 5) is 22.9. The Kier molecular flexibility index (Phi) is 5.01. The lowest BCUT2D eigenvalue weighted by Gasteiger charge is -2.15. The number of hydrogen-bond donors (Lipinski definition) is 1. The van der Waals surface area contributed by atoms with Gasteiger partial charge in [-0.25, -0.2) is 0 Å². The van der Waals surface area contributed by atoms with Crippen LogP contribution in [-0.4, -0.2) is 18.0 Å². The Morgan fingerprint density at radius 3 is 2.35 bits per heavy atom. The van der Waals surface area contributed by atoms with Crippen molar-refractivity contribution in [1.82, 2.24) is 0 Å². The van der Waals surface area contributed by atoms with Gasteiger partial charge in [0.2, 0.25) is 0 Å². The van der Waals surface area contributed by atoms with E-state index in [1.807, 2.05) is 32.0 Å². The third-order valence-corrected chi connectivity index (χ3v) is 3.61. The minimum atomic E-state index is -1.29. The SMILES string of the molecule is Cc1cccc(NC(=O)c2ccc(O[C@H](C)C(=O)[O-])cc2)c1C. The molecular formula is C18H18NO4-. The van der Waals surface area contributed by atoms with Gasteiger partial charge in [-0.05, 0) is 62.2 Å². The molecule has 5 nitrogen and oxygen atoms in total. The van der Waals surface area contributed by atoms with Crippen molar-refractivity contribution in [3.8, 4) is 5.75 Å². The predicted octanol–water partition coefficient (Wildman–Crippen LogP) is 2.07. The number of benzene rings is 2. The number of carbonyl (C=O) groups excluding carboxylic acids is 2. The number of amides is 1. The molecule has 0 aromatic heterocycles. The number of carbonyl (C=O) groups is 2. The van der Waals surface area contributed by atoms with Crippen molar-refractivity contribution in [3.63, 3.8) is 0 Å². The molecule has 0 saturated carbocycles. The van der Waals surface area contributed by atoms with E-state index in [-0.39, 0.29) is 5.91 Å². The average molecular weight is 312 g/mol. The van der Waals surface area contributed by atoms with Crippen LogP contribution in [0.5, 0.6) is 5.75 Å². The van der Waals surface area contributed by atoms with Gasteiger partial charge in [-0.2, -0.15) is 0 Å². The normalized spacial score (nSPS) is 11.6. The molecule has 0 radical (unpaired) electrons. The standard InChI is InChI=1S/C18H19NO4/c1-11-5-4-6-16(12(11)2)19-17(20)14-7-9-15(10-8-14)23-13(3)18(21)22/h4-10,13H,1-3H3,(H,19,20)(H,21,22)/p-1/t13-/m1/s1. The van der Waals surface area contributed by atoms with Gasteiger partial charge in [0.1, 0.15) is 11.9 Å². The second-order valence-electron chi connectivity index (χ2n) is 5.31. The smallest absolute Gasteiger partial charge is 0.255 e. The van der Waals surface area contributed by atoms with Crippen molar-refractivity contribution in [1.29, 1.82) is 0 Å². The fourth-order valence-electron chi connectivity index (χ4n) is 2.02. The van der Waals surface area contributed by atoms with Crippen LogP contribution < -0.4 is 15.2 Å². The molecule has 0 aliphatic carbocycles. The second-order valence-corrected chi connectivity index (χ2v) is 5.31. The quantitative estimate of drug-likeness (QED) is 0.916. The summed E-state index contributed by atoms with van der Waals surface area (Å²) in [6.45, 7) is 5.31. The summed E-state index contributed by atoms with van der Waals surface area (Å²) in [6, 6.07) is 12.0. The molecule has 1 amide bonds. The molecule has 0 unspecified atom stereocenters. The molecule has 1 atom stereocenters. The Bertz CT molecular complexity index is 722. The lowest BCUT2D eigenvalue weighted by molar-refractivity contribution is -0.312. The summed E-state index contributed by atoms with van der Waals surface area (Å²) in [6.07, 6.45) is -1.05. The van der Waals surface area contributed by atoms with Crippen LogP contribution in [0.1, 0.15) is 28.4 Å². The van der Waals surface area contributed by atoms with Crippen LogP contribution in [0, 0.1) is 13.8 Å². The maximum absolute atomic E-state index is 12.3. The van der Waals surface area contributed by atoms with E-state index in [2.05, 4.69) is 5.32 Å². The van der Waals surface area contributed by atoms with Gasteiger partial charge in [0, 0.05) is 11.3 Å². The molecule has 0 aliphatic heterocycles. The van der Waals surface area contributed by atoms with Crippen LogP contribution in [0.15, 0.2) is 42.5 Å². The molecule has 0 fully saturated rings. The molecule has 2 aromatic carbocycles. The van der Waals surface area contributed by atoms with Crippen molar-refractivity contribution in [2.24, 2.45) is 0 Å². The molecule has 120 valence electrons. The Labute approximate surface area is 134 Å². The Hall–Kier alpha value is -2.82. The van der Waals surface area contributed by atoms with Gasteiger partial charge >= 0.3 is 0 Å². The van der Waals surface area contributed by atoms with Gasteiger partial charge in [-0.15, -0.1) is 0 Å². The molecule has 0 bridgehead atoms. The Morgan fingerprint density at radius 1 is 1.09 bits per heavy atom. The largest absolute Gasteiger partial charge is 0.546 e. The molecule has 5 heteroatoms.